The smallest absolute Gasteiger partial charge is 0.251 e. The van der Waals surface area contributed by atoms with E-state index in [-0.39, 0.29) is 119 Å². The summed E-state index contributed by atoms with van der Waals surface area (Å²) in [5, 5.41) is 121. The molecule has 10 fully saturated rings. The minimum absolute atomic E-state index is 0.00990. The van der Waals surface area contributed by atoms with Gasteiger partial charge in [-0.05, 0) is 95.3 Å². The van der Waals surface area contributed by atoms with E-state index >= 15 is 0 Å². The quantitative estimate of drug-likeness (QED) is 0.0355. The molecule has 0 spiro atoms. The molecule has 6 amide bonds. The molecule has 652 valence electrons. The molecule has 6 aliphatic heterocycles. The van der Waals surface area contributed by atoms with Gasteiger partial charge >= 0.3 is 0 Å². The molecule has 34 nitrogen and oxygen atoms in total. The maximum absolute atomic E-state index is 14.4. The molecular formula is C80H134N6O28. The summed E-state index contributed by atoms with van der Waals surface area (Å²) in [5.41, 5.74) is 0. The second-order valence-corrected chi connectivity index (χ2v) is 33.8. The minimum Gasteiger partial charge on any atom is -0.394 e. The van der Waals surface area contributed by atoms with Crippen LogP contribution in [0.1, 0.15) is 196 Å². The highest BCUT2D eigenvalue weighted by atomic mass is 16.7. The maximum atomic E-state index is 14.4. The lowest BCUT2D eigenvalue weighted by Crippen LogP contribution is -2.67. The number of likely N-dealkylation sites (tertiary alicyclic amines) is 2. The van der Waals surface area contributed by atoms with Crippen LogP contribution in [0, 0.1) is 41.4 Å². The normalized spacial score (nSPS) is 38.4. The van der Waals surface area contributed by atoms with E-state index < -0.39 is 202 Å². The third-order valence-corrected chi connectivity index (χ3v) is 25.6. The van der Waals surface area contributed by atoms with Crippen LogP contribution in [-0.2, 0) is 85.7 Å². The average molecular weight is 1630 g/mol. The van der Waals surface area contributed by atoms with Gasteiger partial charge in [0.25, 0.3) is 11.8 Å². The van der Waals surface area contributed by atoms with Gasteiger partial charge in [-0.15, -0.1) is 0 Å². The molecule has 4 saturated carbocycles. The van der Waals surface area contributed by atoms with Crippen molar-refractivity contribution in [2.45, 2.75) is 349 Å². The minimum atomic E-state index is -1.70. The van der Waals surface area contributed by atoms with Crippen LogP contribution in [0.2, 0.25) is 0 Å². The highest BCUT2D eigenvalue weighted by molar-refractivity contribution is 5.83. The maximum Gasteiger partial charge on any atom is 0.251 e. The summed E-state index contributed by atoms with van der Waals surface area (Å²) in [7, 11) is 0. The van der Waals surface area contributed by atoms with E-state index in [1.807, 2.05) is 13.8 Å². The van der Waals surface area contributed by atoms with Crippen LogP contribution in [0.3, 0.4) is 0 Å². The SMILES string of the molecule is CC[C@H]1C[C@@H](C(=O)NCCNC(=O)CCOCCC(=O)NCCCC(=O)[C@@H]2C[C@H](CC)[C@@H](O[C@@H]3O[C@@H](C)[C@@H](O)[C@@H](O)[C@@H]3O)[C@H](O[C@@H]3O[C@H](CO)[C@H](O)[C@H](O[C@@H](CC4CCCCC4)C(=O)N4CCC4)[C@H]3NC(C)=O)C2)C[C@@H](O[C@@H]2O[C@H](CO)[C@H](O)[C@H](O[C@@H](CC3CCCCC3)C(=O)N3CCC3)[C@H]2C)[C@@H]1O[C@@H]1O[C@@H](C)[C@@H](O)[C@@H](O)[C@@H]1O. The van der Waals surface area contributed by atoms with Crippen molar-refractivity contribution < 1.29 is 137 Å². The van der Waals surface area contributed by atoms with Crippen LogP contribution in [0.15, 0.2) is 0 Å². The van der Waals surface area contributed by atoms with Crippen molar-refractivity contribution in [1.82, 2.24) is 31.1 Å². The summed E-state index contributed by atoms with van der Waals surface area (Å²) in [6, 6.07) is -1.27. The Bertz CT molecular complexity index is 3020. The highest BCUT2D eigenvalue weighted by Gasteiger charge is 2.56. The zero-order valence-electron chi connectivity index (χ0n) is 67.4. The van der Waals surface area contributed by atoms with Crippen LogP contribution in [0.4, 0.5) is 0 Å². The van der Waals surface area contributed by atoms with Crippen LogP contribution in [0.25, 0.3) is 0 Å². The first-order chi connectivity index (χ1) is 54.7. The van der Waals surface area contributed by atoms with E-state index in [1.165, 1.54) is 20.8 Å². The molecule has 10 aliphatic rings. The fourth-order valence-corrected chi connectivity index (χ4v) is 18.3. The molecule has 4 aliphatic carbocycles. The Kier molecular flexibility index (Phi) is 35.7. The molecule has 0 aromatic rings. The van der Waals surface area contributed by atoms with E-state index in [0.717, 1.165) is 77.0 Å². The Labute approximate surface area is 669 Å². The van der Waals surface area contributed by atoms with Crippen molar-refractivity contribution >= 4 is 41.2 Å². The largest absolute Gasteiger partial charge is 0.394 e. The number of hydrogen-bond acceptors (Lipinski definition) is 28. The fraction of sp³-hybridized carbons (Fsp3) is 0.912. The van der Waals surface area contributed by atoms with Crippen molar-refractivity contribution in [2.24, 2.45) is 41.4 Å². The van der Waals surface area contributed by atoms with E-state index in [9.17, 15) is 84.6 Å². The van der Waals surface area contributed by atoms with Gasteiger partial charge in [-0.1, -0.05) is 97.8 Å². The number of nitrogens with one attached hydrogen (secondary N) is 4. The molecule has 0 bridgehead atoms. The van der Waals surface area contributed by atoms with E-state index in [0.29, 0.717) is 64.7 Å². The summed E-state index contributed by atoms with van der Waals surface area (Å²) in [5.74, 6) is -4.63. The molecule has 0 aromatic carbocycles. The van der Waals surface area contributed by atoms with Gasteiger partial charge in [-0.2, -0.15) is 0 Å². The zero-order chi connectivity index (χ0) is 82.0. The first-order valence-electron chi connectivity index (χ1n) is 42.7. The number of carbonyl (C=O) groups is 7. The number of carbonyl (C=O) groups excluding carboxylic acids is 7. The lowest BCUT2D eigenvalue weighted by molar-refractivity contribution is -0.343. The number of nitrogens with zero attached hydrogens (tertiary/aromatic N) is 2. The Morgan fingerprint density at radius 2 is 0.912 bits per heavy atom. The van der Waals surface area contributed by atoms with Gasteiger partial charge in [0.2, 0.25) is 23.6 Å². The third-order valence-electron chi connectivity index (χ3n) is 25.6. The molecule has 114 heavy (non-hydrogen) atoms. The highest BCUT2D eigenvalue weighted by Crippen LogP contribution is 2.44. The van der Waals surface area contributed by atoms with Gasteiger partial charge in [0.15, 0.2) is 25.2 Å². The van der Waals surface area contributed by atoms with Crippen LogP contribution >= 0.6 is 0 Å². The number of Topliss-reactive ketones (excluding diaryl/α,β-unsaturated/α-hetero) is 1. The number of ether oxygens (including phenoxy) is 11. The van der Waals surface area contributed by atoms with E-state index in [1.54, 1.807) is 16.7 Å². The molecule has 6 heterocycles. The fourth-order valence-electron chi connectivity index (χ4n) is 18.3. The van der Waals surface area contributed by atoms with Gasteiger partial charge in [-0.25, -0.2) is 0 Å². The lowest BCUT2D eigenvalue weighted by Gasteiger charge is -2.49. The first kappa shape index (κ1) is 91.9. The van der Waals surface area contributed by atoms with Gasteiger partial charge < -0.3 is 134 Å². The number of rotatable bonds is 38. The van der Waals surface area contributed by atoms with Crippen molar-refractivity contribution in [3.05, 3.63) is 0 Å². The Balaban J connectivity index is 0.690. The predicted molar refractivity (Wildman–Crippen MR) is 403 cm³/mol. The summed E-state index contributed by atoms with van der Waals surface area (Å²) in [4.78, 5) is 99.4. The molecular weight excluding hydrogens is 1490 g/mol. The molecule has 30 atom stereocenters. The molecule has 34 heteroatoms. The Hall–Kier alpha value is -4.35. The number of aliphatic hydroxyl groups excluding tert-OH is 10. The van der Waals surface area contributed by atoms with Crippen molar-refractivity contribution in [2.75, 3.05) is 72.2 Å². The third kappa shape index (κ3) is 24.0. The van der Waals surface area contributed by atoms with Crippen LogP contribution in [-0.4, -0.2) is 328 Å². The van der Waals surface area contributed by atoms with Crippen LogP contribution in [0.5, 0.6) is 0 Å². The second kappa shape index (κ2) is 44.3. The molecule has 14 N–H and O–H groups in total. The topological polar surface area (TPSA) is 478 Å². The average Bonchev–Trinajstić information content (AvgIpc) is 0.780. The van der Waals surface area contributed by atoms with Gasteiger partial charge in [0.1, 0.15) is 91.2 Å². The van der Waals surface area contributed by atoms with E-state index in [4.69, 9.17) is 52.1 Å². The first-order valence-corrected chi connectivity index (χ1v) is 42.7. The van der Waals surface area contributed by atoms with Gasteiger partial charge in [0, 0.05) is 89.8 Å². The van der Waals surface area contributed by atoms with E-state index in [2.05, 4.69) is 21.3 Å². The molecule has 0 unspecified atom stereocenters. The zero-order valence-corrected chi connectivity index (χ0v) is 67.4. The summed E-state index contributed by atoms with van der Waals surface area (Å²) in [6.07, 6.45) is -15.9. The van der Waals surface area contributed by atoms with Crippen LogP contribution < -0.4 is 21.3 Å². The predicted octanol–water partition coefficient (Wildman–Crippen LogP) is -0.241. The Morgan fingerprint density at radius 3 is 1.39 bits per heavy atom. The lowest BCUT2D eigenvalue weighted by atomic mass is 9.74. The van der Waals surface area contributed by atoms with Crippen molar-refractivity contribution in [3.63, 3.8) is 0 Å². The number of hydrogen-bond donors (Lipinski definition) is 14. The number of amides is 6. The molecule has 6 saturated heterocycles. The standard InChI is InChI=1S/C80H134N6O28/c1-7-48-36-50(38-53(71(48)113-79-68(99)66(97)62(93)43(4)105-79)110-78-61(84-45(6)89)73(65(96)58(41-88)112-78)108-56(76(103)86-30-17-31-86)35-47-20-13-10-14-21-47)52(90)22-15-25-81-59(91)23-32-104-33-24-60(92)82-26-27-83-74(101)51-37-49(8-2)72(114-80-69(100)67(98)63(94)44(5)106-80)54(39-51)109-77-42(3)70(64(95)57(40-87)111-77)107-55(75(102)85-28-16-29-85)34-46-18-11-9-12-19-46/h42-44,46-51,53-58,61-73,77-80,87-88,93-100H,7-41H2,1-6H3,(H,81,91)(H,82,92)(H,83,101)(H,84,89)/t42-,43+,44+,48+,49+,50-,51-,53-,54-,55+,56+,57-,58-,61-,62-,63-,64+,65+,66-,67-,68+,69+,70-,71-,72-,73-,77-,78-,79+,80+/m1/s1. The molecule has 10 rings (SSSR count). The van der Waals surface area contributed by atoms with Gasteiger partial charge in [0.05, 0.1) is 69.2 Å². The summed E-state index contributed by atoms with van der Waals surface area (Å²) < 4.78 is 70.2. The van der Waals surface area contributed by atoms with Crippen molar-refractivity contribution in [1.29, 1.82) is 0 Å². The number of aliphatic hydroxyl groups is 10. The Morgan fingerprint density at radius 1 is 0.465 bits per heavy atom. The van der Waals surface area contributed by atoms with Gasteiger partial charge in [-0.3, -0.25) is 33.6 Å². The summed E-state index contributed by atoms with van der Waals surface area (Å²) >= 11 is 0. The summed E-state index contributed by atoms with van der Waals surface area (Å²) in [6.45, 7) is 11.1. The molecule has 0 radical (unpaired) electrons. The number of ketones is 1. The monoisotopic (exact) mass is 1630 g/mol. The second-order valence-electron chi connectivity index (χ2n) is 33.8. The molecule has 0 aromatic heterocycles. The van der Waals surface area contributed by atoms with Crippen molar-refractivity contribution in [3.8, 4) is 0 Å².